The van der Waals surface area contributed by atoms with E-state index < -0.39 is 10.2 Å². The second-order valence-electron chi connectivity index (χ2n) is 4.23. The van der Waals surface area contributed by atoms with Crippen LogP contribution in [0.1, 0.15) is 19.3 Å². The van der Waals surface area contributed by atoms with Gasteiger partial charge in [0, 0.05) is 19.2 Å². The van der Waals surface area contributed by atoms with Gasteiger partial charge >= 0.3 is 10.2 Å². The van der Waals surface area contributed by atoms with Gasteiger partial charge in [0.25, 0.3) is 0 Å². The molecule has 1 fully saturated rings. The second kappa shape index (κ2) is 5.34. The molecule has 1 aromatic carbocycles. The van der Waals surface area contributed by atoms with E-state index in [4.69, 9.17) is 11.6 Å². The number of nitrogens with one attached hydrogen (secondary N) is 1. The molecule has 1 aliphatic heterocycles. The summed E-state index contributed by atoms with van der Waals surface area (Å²) in [4.78, 5) is 0. The van der Waals surface area contributed by atoms with Gasteiger partial charge in [0.2, 0.25) is 0 Å². The van der Waals surface area contributed by atoms with Gasteiger partial charge in [-0.25, -0.2) is 0 Å². The van der Waals surface area contributed by atoms with E-state index in [9.17, 15) is 13.5 Å². The summed E-state index contributed by atoms with van der Waals surface area (Å²) in [6.45, 7) is 1.07. The summed E-state index contributed by atoms with van der Waals surface area (Å²) < 4.78 is 28.0. The summed E-state index contributed by atoms with van der Waals surface area (Å²) in [5.41, 5.74) is 0.308. The molecule has 1 heterocycles. The zero-order valence-electron chi connectivity index (χ0n) is 9.76. The Morgan fingerprint density at radius 2 is 1.89 bits per heavy atom. The number of hydrogen-bond acceptors (Lipinski definition) is 3. The molecule has 100 valence electrons. The molecule has 0 aromatic heterocycles. The minimum Gasteiger partial charge on any atom is -0.506 e. The van der Waals surface area contributed by atoms with Crippen LogP contribution in [0, 0.1) is 0 Å². The number of rotatable bonds is 3. The number of phenolic OH excluding ortho intramolecular Hbond substituents is 1. The molecule has 0 bridgehead atoms. The molecule has 0 spiro atoms. The Labute approximate surface area is 112 Å². The summed E-state index contributed by atoms with van der Waals surface area (Å²) in [5.74, 6) is -0.143. The Morgan fingerprint density at radius 3 is 2.50 bits per heavy atom. The Balaban J connectivity index is 2.13. The van der Waals surface area contributed by atoms with Crippen LogP contribution in [0.4, 0.5) is 5.69 Å². The Morgan fingerprint density at radius 1 is 1.22 bits per heavy atom. The topological polar surface area (TPSA) is 69.6 Å². The maximum Gasteiger partial charge on any atom is 0.301 e. The van der Waals surface area contributed by atoms with E-state index >= 15 is 0 Å². The SMILES string of the molecule is O=S(=O)(Nc1ccc(Cl)c(O)c1)N1CCCCC1. The van der Waals surface area contributed by atoms with Crippen LogP contribution in [-0.4, -0.2) is 30.9 Å². The molecule has 2 N–H and O–H groups in total. The van der Waals surface area contributed by atoms with E-state index in [1.807, 2.05) is 0 Å². The van der Waals surface area contributed by atoms with Gasteiger partial charge in [-0.15, -0.1) is 0 Å². The van der Waals surface area contributed by atoms with Crippen molar-refractivity contribution in [1.29, 1.82) is 0 Å². The Hall–Kier alpha value is -0.980. The van der Waals surface area contributed by atoms with E-state index in [1.165, 1.54) is 22.5 Å². The highest BCUT2D eigenvalue weighted by Crippen LogP contribution is 2.27. The van der Waals surface area contributed by atoms with Crippen molar-refractivity contribution in [3.63, 3.8) is 0 Å². The molecule has 18 heavy (non-hydrogen) atoms. The highest BCUT2D eigenvalue weighted by molar-refractivity contribution is 7.90. The second-order valence-corrected chi connectivity index (χ2v) is 6.31. The molecular weight excluding hydrogens is 276 g/mol. The molecule has 1 saturated heterocycles. The molecule has 5 nitrogen and oxygen atoms in total. The third kappa shape index (κ3) is 3.07. The van der Waals surface area contributed by atoms with Gasteiger partial charge < -0.3 is 5.11 Å². The van der Waals surface area contributed by atoms with Crippen molar-refractivity contribution in [2.24, 2.45) is 0 Å². The zero-order valence-corrected chi connectivity index (χ0v) is 11.3. The van der Waals surface area contributed by atoms with Crippen molar-refractivity contribution >= 4 is 27.5 Å². The molecule has 0 saturated carbocycles. The molecule has 2 rings (SSSR count). The quantitative estimate of drug-likeness (QED) is 0.896. The molecule has 1 aliphatic rings. The lowest BCUT2D eigenvalue weighted by Crippen LogP contribution is -2.39. The first kappa shape index (κ1) is 13.5. The minimum absolute atomic E-state index is 0.143. The van der Waals surface area contributed by atoms with E-state index in [0.29, 0.717) is 18.8 Å². The Bertz CT molecular complexity index is 527. The predicted octanol–water partition coefficient (Wildman–Crippen LogP) is 2.19. The Kier molecular flexibility index (Phi) is 3.99. The van der Waals surface area contributed by atoms with Crippen molar-refractivity contribution in [2.75, 3.05) is 17.8 Å². The van der Waals surface area contributed by atoms with Gasteiger partial charge in [-0.1, -0.05) is 18.0 Å². The lowest BCUT2D eigenvalue weighted by Gasteiger charge is -2.26. The van der Waals surface area contributed by atoms with E-state index in [-0.39, 0.29) is 10.8 Å². The van der Waals surface area contributed by atoms with Crippen LogP contribution in [0.2, 0.25) is 5.02 Å². The van der Waals surface area contributed by atoms with Crippen LogP contribution in [0.25, 0.3) is 0 Å². The number of benzene rings is 1. The van der Waals surface area contributed by atoms with Crippen LogP contribution in [0.3, 0.4) is 0 Å². The fourth-order valence-corrected chi connectivity index (χ4v) is 3.31. The first-order chi connectivity index (χ1) is 8.49. The van der Waals surface area contributed by atoms with Crippen LogP contribution in [0.5, 0.6) is 5.75 Å². The van der Waals surface area contributed by atoms with Crippen molar-refractivity contribution in [2.45, 2.75) is 19.3 Å². The minimum atomic E-state index is -3.54. The number of aromatic hydroxyl groups is 1. The summed E-state index contributed by atoms with van der Waals surface area (Å²) in [5, 5.41) is 9.62. The van der Waals surface area contributed by atoms with Crippen LogP contribution >= 0.6 is 11.6 Å². The average molecular weight is 291 g/mol. The highest BCUT2D eigenvalue weighted by Gasteiger charge is 2.23. The van der Waals surface area contributed by atoms with E-state index in [0.717, 1.165) is 19.3 Å². The molecule has 7 heteroatoms. The molecule has 0 unspecified atom stereocenters. The lowest BCUT2D eigenvalue weighted by molar-refractivity contribution is 0.349. The maximum absolute atomic E-state index is 12.1. The van der Waals surface area contributed by atoms with Gasteiger partial charge in [0.1, 0.15) is 5.75 Å². The third-order valence-corrected chi connectivity index (χ3v) is 4.71. The number of hydrogen-bond donors (Lipinski definition) is 2. The number of phenols is 1. The molecule has 0 amide bonds. The fraction of sp³-hybridized carbons (Fsp3) is 0.455. The molecule has 0 atom stereocenters. The first-order valence-electron chi connectivity index (χ1n) is 5.75. The number of anilines is 1. The van der Waals surface area contributed by atoms with Gasteiger partial charge in [-0.3, -0.25) is 4.72 Å². The number of nitrogens with zero attached hydrogens (tertiary/aromatic N) is 1. The van der Waals surface area contributed by atoms with Crippen LogP contribution in [0.15, 0.2) is 18.2 Å². The molecule has 1 aromatic rings. The normalized spacial score (nSPS) is 17.6. The molecule has 0 radical (unpaired) electrons. The summed E-state index contributed by atoms with van der Waals surface area (Å²) in [6.07, 6.45) is 2.83. The standard InChI is InChI=1S/C11H15ClN2O3S/c12-10-5-4-9(8-11(10)15)13-18(16,17)14-6-2-1-3-7-14/h4-5,8,13,15H,1-3,6-7H2. The largest absolute Gasteiger partial charge is 0.506 e. The van der Waals surface area contributed by atoms with E-state index in [2.05, 4.69) is 4.72 Å². The fourth-order valence-electron chi connectivity index (χ4n) is 1.89. The number of halogens is 1. The van der Waals surface area contributed by atoms with Gasteiger partial charge in [0.05, 0.1) is 10.7 Å². The van der Waals surface area contributed by atoms with Gasteiger partial charge in [0.15, 0.2) is 0 Å². The highest BCUT2D eigenvalue weighted by atomic mass is 35.5. The van der Waals surface area contributed by atoms with Gasteiger partial charge in [-0.05, 0) is 25.0 Å². The van der Waals surface area contributed by atoms with Crippen molar-refractivity contribution < 1.29 is 13.5 Å². The predicted molar refractivity (Wildman–Crippen MR) is 71.1 cm³/mol. The van der Waals surface area contributed by atoms with E-state index in [1.54, 1.807) is 0 Å². The summed E-state index contributed by atoms with van der Waals surface area (Å²) in [6, 6.07) is 4.26. The molecule has 0 aliphatic carbocycles. The number of piperidine rings is 1. The van der Waals surface area contributed by atoms with Crippen molar-refractivity contribution in [3.8, 4) is 5.75 Å². The average Bonchev–Trinajstić information content (AvgIpc) is 2.35. The monoisotopic (exact) mass is 290 g/mol. The lowest BCUT2D eigenvalue weighted by atomic mass is 10.2. The van der Waals surface area contributed by atoms with Crippen LogP contribution in [-0.2, 0) is 10.2 Å². The van der Waals surface area contributed by atoms with Crippen LogP contribution < -0.4 is 4.72 Å². The van der Waals surface area contributed by atoms with Crippen molar-refractivity contribution in [3.05, 3.63) is 23.2 Å². The summed E-state index contributed by atoms with van der Waals surface area (Å²) >= 11 is 5.66. The van der Waals surface area contributed by atoms with Crippen molar-refractivity contribution in [1.82, 2.24) is 4.31 Å². The smallest absolute Gasteiger partial charge is 0.301 e. The summed E-state index contributed by atoms with van der Waals surface area (Å²) in [7, 11) is -3.54. The van der Waals surface area contributed by atoms with Gasteiger partial charge in [-0.2, -0.15) is 12.7 Å². The molecular formula is C11H15ClN2O3S. The first-order valence-corrected chi connectivity index (χ1v) is 7.57. The zero-order chi connectivity index (χ0) is 13.2. The maximum atomic E-state index is 12.1. The third-order valence-electron chi connectivity index (χ3n) is 2.85.